The van der Waals surface area contributed by atoms with Crippen LogP contribution >= 0.6 is 0 Å². The molecule has 0 bridgehead atoms. The number of carbonyl (C=O) groups is 1. The number of hydrogen-bond acceptors (Lipinski definition) is 2. The summed E-state index contributed by atoms with van der Waals surface area (Å²) in [6.45, 7) is 4.60. The van der Waals surface area contributed by atoms with E-state index in [-0.39, 0.29) is 11.5 Å². The Morgan fingerprint density at radius 1 is 1.18 bits per heavy atom. The molecule has 1 aromatic heterocycles. The largest absolute Gasteiger partial charge is 0.329 e. The van der Waals surface area contributed by atoms with Gasteiger partial charge in [0, 0.05) is 19.5 Å². The molecule has 0 radical (unpaired) electrons. The van der Waals surface area contributed by atoms with Crippen molar-refractivity contribution in [2.75, 3.05) is 0 Å². The number of para-hydroxylation sites is 2. The highest BCUT2D eigenvalue weighted by atomic mass is 16.2. The number of Topliss-reactive ketones (excluding diaryl/α,β-unsaturated/α-hetero) is 1. The summed E-state index contributed by atoms with van der Waals surface area (Å²) in [5, 5.41) is 0. The predicted molar refractivity (Wildman–Crippen MR) is 67.2 cm³/mol. The van der Waals surface area contributed by atoms with Crippen molar-refractivity contribution in [2.45, 2.75) is 33.4 Å². The van der Waals surface area contributed by atoms with E-state index in [0.717, 1.165) is 11.0 Å². The summed E-state index contributed by atoms with van der Waals surface area (Å²) in [6, 6.07) is 7.68. The molecule has 0 fully saturated rings. The topological polar surface area (TPSA) is 44.0 Å². The van der Waals surface area contributed by atoms with Gasteiger partial charge in [-0.05, 0) is 26.0 Å². The number of rotatable bonds is 4. The maximum Gasteiger partial charge on any atom is 0.329 e. The van der Waals surface area contributed by atoms with Crippen LogP contribution in [0.5, 0.6) is 0 Å². The van der Waals surface area contributed by atoms with Gasteiger partial charge in [-0.1, -0.05) is 12.1 Å². The highest BCUT2D eigenvalue weighted by molar-refractivity contribution is 5.77. The molecule has 1 aromatic carbocycles. The van der Waals surface area contributed by atoms with Gasteiger partial charge in [-0.15, -0.1) is 0 Å². The first-order valence-electron chi connectivity index (χ1n) is 5.82. The van der Waals surface area contributed by atoms with E-state index in [0.29, 0.717) is 19.5 Å². The van der Waals surface area contributed by atoms with Crippen molar-refractivity contribution in [3.8, 4) is 0 Å². The van der Waals surface area contributed by atoms with Crippen LogP contribution in [-0.2, 0) is 17.9 Å². The number of hydrogen-bond donors (Lipinski definition) is 0. The number of fused-ring (bicyclic) bond motifs is 1. The summed E-state index contributed by atoms with van der Waals surface area (Å²) in [4.78, 5) is 23.2. The van der Waals surface area contributed by atoms with Gasteiger partial charge < -0.3 is 0 Å². The Balaban J connectivity index is 2.58. The maximum atomic E-state index is 12.1. The fraction of sp³-hybridized carbons (Fsp3) is 0.385. The SMILES string of the molecule is CCn1c(=O)n(CCC(C)=O)c2ccccc21. The fourth-order valence-electron chi connectivity index (χ4n) is 2.06. The first kappa shape index (κ1) is 11.6. The van der Waals surface area contributed by atoms with Crippen LogP contribution in [0.3, 0.4) is 0 Å². The molecule has 0 aliphatic carbocycles. The highest BCUT2D eigenvalue weighted by Crippen LogP contribution is 2.12. The van der Waals surface area contributed by atoms with Crippen LogP contribution in [-0.4, -0.2) is 14.9 Å². The normalized spacial score (nSPS) is 10.9. The van der Waals surface area contributed by atoms with E-state index in [9.17, 15) is 9.59 Å². The molecule has 2 rings (SSSR count). The molecule has 0 saturated carbocycles. The van der Waals surface area contributed by atoms with Crippen molar-refractivity contribution >= 4 is 16.8 Å². The third-order valence-electron chi connectivity index (χ3n) is 2.93. The van der Waals surface area contributed by atoms with Crippen molar-refractivity contribution in [1.29, 1.82) is 0 Å². The van der Waals surface area contributed by atoms with Crippen molar-refractivity contribution in [2.24, 2.45) is 0 Å². The Morgan fingerprint density at radius 3 is 2.29 bits per heavy atom. The zero-order valence-electron chi connectivity index (χ0n) is 10.1. The van der Waals surface area contributed by atoms with E-state index < -0.39 is 0 Å². The third kappa shape index (κ3) is 2.02. The fourth-order valence-corrected chi connectivity index (χ4v) is 2.06. The van der Waals surface area contributed by atoms with Crippen molar-refractivity contribution in [3.63, 3.8) is 0 Å². The number of ketones is 1. The Hall–Kier alpha value is -1.84. The molecule has 1 heterocycles. The van der Waals surface area contributed by atoms with E-state index in [1.54, 1.807) is 16.1 Å². The molecule has 4 nitrogen and oxygen atoms in total. The molecule has 2 aromatic rings. The average Bonchev–Trinajstić information content (AvgIpc) is 2.58. The van der Waals surface area contributed by atoms with E-state index in [2.05, 4.69) is 0 Å². The predicted octanol–water partition coefficient (Wildman–Crippen LogP) is 1.80. The zero-order chi connectivity index (χ0) is 12.4. The van der Waals surface area contributed by atoms with E-state index in [1.165, 1.54) is 0 Å². The van der Waals surface area contributed by atoms with Crippen LogP contribution in [0.1, 0.15) is 20.3 Å². The third-order valence-corrected chi connectivity index (χ3v) is 2.93. The van der Waals surface area contributed by atoms with Gasteiger partial charge in [-0.3, -0.25) is 13.9 Å². The summed E-state index contributed by atoms with van der Waals surface area (Å²) in [5.41, 5.74) is 1.80. The van der Waals surface area contributed by atoms with Crippen molar-refractivity contribution in [3.05, 3.63) is 34.7 Å². The number of carbonyl (C=O) groups excluding carboxylic acids is 1. The molecule has 0 N–H and O–H groups in total. The summed E-state index contributed by atoms with van der Waals surface area (Å²) >= 11 is 0. The van der Waals surface area contributed by atoms with Gasteiger partial charge in [0.25, 0.3) is 0 Å². The minimum absolute atomic E-state index is 0.0325. The molecule has 0 atom stereocenters. The minimum atomic E-state index is -0.0325. The second-order valence-electron chi connectivity index (χ2n) is 4.12. The highest BCUT2D eigenvalue weighted by Gasteiger charge is 2.11. The van der Waals surface area contributed by atoms with E-state index in [4.69, 9.17) is 0 Å². The lowest BCUT2D eigenvalue weighted by Gasteiger charge is -2.00. The molecule has 90 valence electrons. The lowest BCUT2D eigenvalue weighted by atomic mass is 10.3. The smallest absolute Gasteiger partial charge is 0.300 e. The van der Waals surface area contributed by atoms with Crippen LogP contribution in [0, 0.1) is 0 Å². The molecular formula is C13H16N2O2. The van der Waals surface area contributed by atoms with Gasteiger partial charge >= 0.3 is 5.69 Å². The average molecular weight is 232 g/mol. The summed E-state index contributed by atoms with van der Waals surface area (Å²) in [6.07, 6.45) is 0.400. The number of benzene rings is 1. The zero-order valence-corrected chi connectivity index (χ0v) is 10.1. The minimum Gasteiger partial charge on any atom is -0.300 e. The maximum absolute atomic E-state index is 12.1. The van der Waals surface area contributed by atoms with Crippen molar-refractivity contribution in [1.82, 2.24) is 9.13 Å². The lowest BCUT2D eigenvalue weighted by molar-refractivity contribution is -0.117. The van der Waals surface area contributed by atoms with Crippen LogP contribution in [0.4, 0.5) is 0 Å². The lowest BCUT2D eigenvalue weighted by Crippen LogP contribution is -2.24. The van der Waals surface area contributed by atoms with Gasteiger partial charge in [0.15, 0.2) is 0 Å². The summed E-state index contributed by atoms with van der Waals surface area (Å²) in [5.74, 6) is 0.102. The van der Waals surface area contributed by atoms with E-state index in [1.807, 2.05) is 31.2 Å². The Bertz CT molecular complexity index is 607. The molecule has 0 aliphatic heterocycles. The Morgan fingerprint density at radius 2 is 1.76 bits per heavy atom. The summed E-state index contributed by atoms with van der Waals surface area (Å²) < 4.78 is 3.41. The number of imidazole rings is 1. The quantitative estimate of drug-likeness (QED) is 0.806. The monoisotopic (exact) mass is 232 g/mol. The standard InChI is InChI=1S/C13H16N2O2/c1-3-14-11-6-4-5-7-12(11)15(13(14)17)9-8-10(2)16/h4-7H,3,8-9H2,1-2H3. The van der Waals surface area contributed by atoms with Crippen LogP contribution in [0.2, 0.25) is 0 Å². The molecule has 0 saturated heterocycles. The second-order valence-corrected chi connectivity index (χ2v) is 4.12. The van der Waals surface area contributed by atoms with Gasteiger partial charge in [-0.2, -0.15) is 0 Å². The molecule has 0 unspecified atom stereocenters. The molecule has 0 aliphatic rings. The first-order valence-corrected chi connectivity index (χ1v) is 5.82. The van der Waals surface area contributed by atoms with Gasteiger partial charge in [0.1, 0.15) is 5.78 Å². The van der Waals surface area contributed by atoms with Gasteiger partial charge in [0.2, 0.25) is 0 Å². The molecular weight excluding hydrogens is 216 g/mol. The van der Waals surface area contributed by atoms with Crippen LogP contribution in [0.25, 0.3) is 11.0 Å². The number of aromatic nitrogens is 2. The molecule has 0 spiro atoms. The first-order chi connectivity index (χ1) is 8.15. The van der Waals surface area contributed by atoms with Crippen LogP contribution in [0.15, 0.2) is 29.1 Å². The Kier molecular flexibility index (Phi) is 3.13. The van der Waals surface area contributed by atoms with Gasteiger partial charge in [-0.25, -0.2) is 4.79 Å². The second kappa shape index (κ2) is 4.57. The van der Waals surface area contributed by atoms with Crippen molar-refractivity contribution < 1.29 is 4.79 Å². The molecule has 4 heteroatoms. The van der Waals surface area contributed by atoms with E-state index >= 15 is 0 Å². The Labute approximate surface area is 99.5 Å². The number of aryl methyl sites for hydroxylation is 2. The van der Waals surface area contributed by atoms with Crippen LogP contribution < -0.4 is 5.69 Å². The van der Waals surface area contributed by atoms with Gasteiger partial charge in [0.05, 0.1) is 11.0 Å². The summed E-state index contributed by atoms with van der Waals surface area (Å²) in [7, 11) is 0. The molecule has 17 heavy (non-hydrogen) atoms. The molecule has 0 amide bonds. The number of nitrogens with zero attached hydrogens (tertiary/aromatic N) is 2.